The van der Waals surface area contributed by atoms with Crippen LogP contribution in [0.2, 0.25) is 5.02 Å². The number of hydrogen-bond acceptors (Lipinski definition) is 2. The average molecular weight is 280 g/mol. The van der Waals surface area contributed by atoms with E-state index in [4.69, 9.17) is 11.6 Å². The van der Waals surface area contributed by atoms with Gasteiger partial charge in [0.2, 0.25) is 0 Å². The summed E-state index contributed by atoms with van der Waals surface area (Å²) in [4.78, 5) is 0. The minimum atomic E-state index is -0.771. The van der Waals surface area contributed by atoms with Gasteiger partial charge in [-0.25, -0.2) is 4.39 Å². The molecular weight excluding hydrogens is 265 g/mol. The molecule has 0 radical (unpaired) electrons. The molecule has 100 valence electrons. The molecule has 2 aromatic rings. The number of halogens is 2. The van der Waals surface area contributed by atoms with Crippen molar-refractivity contribution in [1.29, 1.82) is 0 Å². The van der Waals surface area contributed by atoms with E-state index < -0.39 is 5.54 Å². The van der Waals surface area contributed by atoms with Crippen molar-refractivity contribution in [2.75, 3.05) is 11.9 Å². The summed E-state index contributed by atoms with van der Waals surface area (Å²) in [6, 6.07) is 13.4. The third-order valence-electron chi connectivity index (χ3n) is 3.02. The molecule has 1 unspecified atom stereocenters. The first-order valence-electron chi connectivity index (χ1n) is 5.94. The molecule has 0 spiro atoms. The first-order valence-corrected chi connectivity index (χ1v) is 6.32. The fraction of sp³-hybridized carbons (Fsp3) is 0.200. The van der Waals surface area contributed by atoms with Crippen molar-refractivity contribution in [3.63, 3.8) is 0 Å². The summed E-state index contributed by atoms with van der Waals surface area (Å²) in [5, 5.41) is 13.4. The number of nitrogens with one attached hydrogen (secondary N) is 1. The molecule has 2 aromatic carbocycles. The molecule has 0 aromatic heterocycles. The highest BCUT2D eigenvalue weighted by atomic mass is 35.5. The topological polar surface area (TPSA) is 32.3 Å². The van der Waals surface area contributed by atoms with E-state index in [1.807, 2.05) is 19.1 Å². The first-order chi connectivity index (χ1) is 9.03. The van der Waals surface area contributed by atoms with E-state index in [0.717, 1.165) is 5.69 Å². The van der Waals surface area contributed by atoms with E-state index >= 15 is 0 Å². The monoisotopic (exact) mass is 279 g/mol. The Bertz CT molecular complexity index is 576. The molecule has 19 heavy (non-hydrogen) atoms. The van der Waals surface area contributed by atoms with Gasteiger partial charge in [0.1, 0.15) is 5.82 Å². The van der Waals surface area contributed by atoms with Crippen LogP contribution < -0.4 is 5.32 Å². The molecule has 2 N–H and O–H groups in total. The molecule has 0 bridgehead atoms. The summed E-state index contributed by atoms with van der Waals surface area (Å²) < 4.78 is 13.3. The van der Waals surface area contributed by atoms with Crippen LogP contribution in [-0.2, 0) is 5.54 Å². The smallest absolute Gasteiger partial charge is 0.123 e. The lowest BCUT2D eigenvalue weighted by atomic mass is 9.92. The average Bonchev–Trinajstić information content (AvgIpc) is 2.38. The number of hydrogen-bond donors (Lipinski definition) is 2. The molecule has 0 saturated carbocycles. The van der Waals surface area contributed by atoms with Crippen molar-refractivity contribution in [3.8, 4) is 0 Å². The summed E-state index contributed by atoms with van der Waals surface area (Å²) in [6.07, 6.45) is 0. The third kappa shape index (κ3) is 3.25. The van der Waals surface area contributed by atoms with Gasteiger partial charge >= 0.3 is 0 Å². The zero-order chi connectivity index (χ0) is 13.9. The van der Waals surface area contributed by atoms with Crippen LogP contribution in [0.3, 0.4) is 0 Å². The van der Waals surface area contributed by atoms with Gasteiger partial charge in [0, 0.05) is 10.7 Å². The molecule has 4 heteroatoms. The van der Waals surface area contributed by atoms with Crippen LogP contribution in [0, 0.1) is 5.82 Å². The number of aliphatic hydroxyl groups is 1. The van der Waals surface area contributed by atoms with Gasteiger partial charge in [-0.15, -0.1) is 0 Å². The second-order valence-corrected chi connectivity index (χ2v) is 5.07. The minimum Gasteiger partial charge on any atom is -0.394 e. The van der Waals surface area contributed by atoms with Gasteiger partial charge in [-0.1, -0.05) is 29.8 Å². The van der Waals surface area contributed by atoms with Gasteiger partial charge in [0.05, 0.1) is 12.1 Å². The van der Waals surface area contributed by atoms with Crippen LogP contribution in [0.5, 0.6) is 0 Å². The first kappa shape index (κ1) is 13.8. The highest BCUT2D eigenvalue weighted by Gasteiger charge is 2.26. The second-order valence-electron chi connectivity index (χ2n) is 4.64. The van der Waals surface area contributed by atoms with Crippen LogP contribution in [-0.4, -0.2) is 11.7 Å². The van der Waals surface area contributed by atoms with E-state index in [0.29, 0.717) is 10.6 Å². The molecule has 0 aliphatic carbocycles. The Labute approximate surface area is 116 Å². The van der Waals surface area contributed by atoms with Crippen molar-refractivity contribution < 1.29 is 9.50 Å². The highest BCUT2D eigenvalue weighted by Crippen LogP contribution is 2.27. The van der Waals surface area contributed by atoms with E-state index in [2.05, 4.69) is 5.32 Å². The van der Waals surface area contributed by atoms with Gasteiger partial charge in [0.25, 0.3) is 0 Å². The lowest BCUT2D eigenvalue weighted by Crippen LogP contribution is -2.35. The van der Waals surface area contributed by atoms with E-state index in [9.17, 15) is 9.50 Å². The predicted molar refractivity (Wildman–Crippen MR) is 75.9 cm³/mol. The standard InChI is InChI=1S/C15H15ClFNO/c1-15(10-19,11-4-2-6-13(17)8-11)18-14-7-3-5-12(16)9-14/h2-9,18-19H,10H2,1H3. The summed E-state index contributed by atoms with van der Waals surface area (Å²) in [6.45, 7) is 1.64. The molecule has 2 rings (SSSR count). The second kappa shape index (κ2) is 5.59. The van der Waals surface area contributed by atoms with E-state index in [-0.39, 0.29) is 12.4 Å². The van der Waals surface area contributed by atoms with E-state index in [1.54, 1.807) is 24.3 Å². The highest BCUT2D eigenvalue weighted by molar-refractivity contribution is 6.30. The molecule has 0 aliphatic heterocycles. The maximum Gasteiger partial charge on any atom is 0.123 e. The largest absolute Gasteiger partial charge is 0.394 e. The quantitative estimate of drug-likeness (QED) is 0.892. The van der Waals surface area contributed by atoms with Crippen LogP contribution >= 0.6 is 11.6 Å². The third-order valence-corrected chi connectivity index (χ3v) is 3.26. The van der Waals surface area contributed by atoms with Crippen molar-refractivity contribution in [1.82, 2.24) is 0 Å². The zero-order valence-corrected chi connectivity index (χ0v) is 11.3. The van der Waals surface area contributed by atoms with Crippen LogP contribution in [0.15, 0.2) is 48.5 Å². The number of rotatable bonds is 4. The number of anilines is 1. The summed E-state index contributed by atoms with van der Waals surface area (Å²) >= 11 is 5.93. The SMILES string of the molecule is CC(CO)(Nc1cccc(Cl)c1)c1cccc(F)c1. The lowest BCUT2D eigenvalue weighted by molar-refractivity contribution is 0.224. The molecule has 0 saturated heterocycles. The van der Waals surface area contributed by atoms with Crippen molar-refractivity contribution in [2.24, 2.45) is 0 Å². The van der Waals surface area contributed by atoms with Gasteiger partial charge in [-0.3, -0.25) is 0 Å². The molecule has 0 heterocycles. The Hall–Kier alpha value is -1.58. The Morgan fingerprint density at radius 1 is 1.21 bits per heavy atom. The lowest BCUT2D eigenvalue weighted by Gasteiger charge is -2.30. The zero-order valence-electron chi connectivity index (χ0n) is 10.5. The minimum absolute atomic E-state index is 0.164. The Balaban J connectivity index is 2.32. The Morgan fingerprint density at radius 2 is 1.95 bits per heavy atom. The fourth-order valence-electron chi connectivity index (χ4n) is 1.92. The van der Waals surface area contributed by atoms with Crippen molar-refractivity contribution >= 4 is 17.3 Å². The molecule has 1 atom stereocenters. The normalized spacial score (nSPS) is 13.9. The summed E-state index contributed by atoms with van der Waals surface area (Å²) in [5.74, 6) is -0.329. The van der Waals surface area contributed by atoms with Gasteiger partial charge < -0.3 is 10.4 Å². The Kier molecular flexibility index (Phi) is 4.08. The summed E-state index contributed by atoms with van der Waals surface area (Å²) in [7, 11) is 0. The number of benzene rings is 2. The molecule has 0 amide bonds. The van der Waals surface area contributed by atoms with Crippen LogP contribution in [0.1, 0.15) is 12.5 Å². The molecular formula is C15H15ClFNO. The van der Waals surface area contributed by atoms with Crippen molar-refractivity contribution in [3.05, 3.63) is 64.9 Å². The van der Waals surface area contributed by atoms with E-state index in [1.165, 1.54) is 12.1 Å². The molecule has 0 aliphatic rings. The van der Waals surface area contributed by atoms with Gasteiger partial charge in [-0.2, -0.15) is 0 Å². The van der Waals surface area contributed by atoms with Crippen molar-refractivity contribution in [2.45, 2.75) is 12.5 Å². The van der Waals surface area contributed by atoms with Crippen LogP contribution in [0.25, 0.3) is 0 Å². The summed E-state index contributed by atoms with van der Waals surface area (Å²) in [5.41, 5.74) is 0.676. The predicted octanol–water partition coefficient (Wildman–Crippen LogP) is 3.80. The van der Waals surface area contributed by atoms with Crippen LogP contribution in [0.4, 0.5) is 10.1 Å². The maximum atomic E-state index is 13.3. The molecule has 0 fully saturated rings. The van der Waals surface area contributed by atoms with Gasteiger partial charge in [-0.05, 0) is 42.8 Å². The van der Waals surface area contributed by atoms with Gasteiger partial charge in [0.15, 0.2) is 0 Å². The Morgan fingerprint density at radius 3 is 2.58 bits per heavy atom. The maximum absolute atomic E-state index is 13.3. The fourth-order valence-corrected chi connectivity index (χ4v) is 2.11. The molecule has 2 nitrogen and oxygen atoms in total. The number of aliphatic hydroxyl groups excluding tert-OH is 1.